The van der Waals surface area contributed by atoms with E-state index in [2.05, 4.69) is 5.18 Å². The van der Waals surface area contributed by atoms with Gasteiger partial charge in [0.15, 0.2) is 0 Å². The molecule has 1 aliphatic heterocycles. The lowest BCUT2D eigenvalue weighted by Crippen LogP contribution is -2.34. The molecule has 0 bridgehead atoms. The van der Waals surface area contributed by atoms with Crippen LogP contribution >= 0.6 is 0 Å². The Morgan fingerprint density at radius 2 is 2.08 bits per heavy atom. The highest BCUT2D eigenvalue weighted by Crippen LogP contribution is 2.30. The van der Waals surface area contributed by atoms with Gasteiger partial charge in [0.2, 0.25) is 0 Å². The molecule has 1 rings (SSSR count). The largest absolute Gasteiger partial charge is 0.381 e. The van der Waals surface area contributed by atoms with Gasteiger partial charge in [-0.3, -0.25) is 4.79 Å². The predicted molar refractivity (Wildman–Crippen MR) is 38.9 cm³/mol. The Labute approximate surface area is 69.3 Å². The van der Waals surface area contributed by atoms with Crippen molar-refractivity contribution in [1.29, 1.82) is 5.26 Å². The number of hydrogen-bond donors (Lipinski definition) is 0. The summed E-state index contributed by atoms with van der Waals surface area (Å²) < 4.78 is 4.97. The first-order chi connectivity index (χ1) is 5.75. The van der Waals surface area contributed by atoms with Gasteiger partial charge < -0.3 is 4.74 Å². The van der Waals surface area contributed by atoms with Crippen molar-refractivity contribution in [2.45, 2.75) is 12.8 Å². The average molecular weight is 168 g/mol. The first-order valence-electron chi connectivity index (χ1n) is 3.62. The third-order valence-corrected chi connectivity index (χ3v) is 2.05. The molecule has 64 valence electrons. The van der Waals surface area contributed by atoms with E-state index < -0.39 is 11.3 Å². The minimum absolute atomic E-state index is 0.272. The fourth-order valence-corrected chi connectivity index (χ4v) is 1.18. The maximum Gasteiger partial charge on any atom is 0.306 e. The molecule has 0 N–H and O–H groups in total. The number of carbonyl (C=O) groups is 1. The zero-order chi connectivity index (χ0) is 9.03. The molecule has 0 aromatic rings. The molecule has 12 heavy (non-hydrogen) atoms. The number of nitriles is 1. The Bertz CT molecular complexity index is 238. The van der Waals surface area contributed by atoms with Crippen LogP contribution in [-0.4, -0.2) is 19.1 Å². The van der Waals surface area contributed by atoms with Crippen LogP contribution in [0.4, 0.5) is 0 Å². The molecule has 1 fully saturated rings. The number of nitroso groups, excluding NO2 is 1. The Hall–Kier alpha value is -1.28. The van der Waals surface area contributed by atoms with E-state index in [1.54, 1.807) is 0 Å². The van der Waals surface area contributed by atoms with Gasteiger partial charge in [0.05, 0.1) is 6.07 Å². The Kier molecular flexibility index (Phi) is 2.51. The summed E-state index contributed by atoms with van der Waals surface area (Å²) in [6, 6.07) is 1.84. The lowest BCUT2D eigenvalue weighted by molar-refractivity contribution is -0.128. The fraction of sp³-hybridized carbons (Fsp3) is 0.714. The summed E-state index contributed by atoms with van der Waals surface area (Å²) in [6.07, 6.45) is 0.544. The summed E-state index contributed by atoms with van der Waals surface area (Å²) in [6.45, 7) is 0.684. The number of nitrogens with zero attached hydrogens (tertiary/aromatic N) is 2. The molecule has 1 heterocycles. The lowest BCUT2D eigenvalue weighted by atomic mass is 9.81. The minimum atomic E-state index is -1.21. The van der Waals surface area contributed by atoms with E-state index in [0.29, 0.717) is 13.2 Å². The fourth-order valence-electron chi connectivity index (χ4n) is 1.18. The number of carbonyl (C=O) groups excluding carboxylic acids is 1. The van der Waals surface area contributed by atoms with Gasteiger partial charge in [0, 0.05) is 18.4 Å². The van der Waals surface area contributed by atoms with E-state index in [1.807, 2.05) is 6.07 Å². The Morgan fingerprint density at radius 1 is 1.50 bits per heavy atom. The molecular weight excluding hydrogens is 160 g/mol. The molecular formula is C7H8N2O3. The topological polar surface area (TPSA) is 79.5 Å². The molecule has 1 saturated heterocycles. The highest BCUT2D eigenvalue weighted by atomic mass is 16.5. The van der Waals surface area contributed by atoms with Crippen molar-refractivity contribution in [3.63, 3.8) is 0 Å². The number of rotatable bonds is 1. The van der Waals surface area contributed by atoms with Crippen molar-refractivity contribution in [1.82, 2.24) is 0 Å². The average Bonchev–Trinajstić information content (AvgIpc) is 2.17. The molecule has 0 aromatic carbocycles. The molecule has 0 radical (unpaired) electrons. The highest BCUT2D eigenvalue weighted by molar-refractivity contribution is 5.86. The smallest absolute Gasteiger partial charge is 0.306 e. The third kappa shape index (κ3) is 1.34. The zero-order valence-electron chi connectivity index (χ0n) is 6.45. The van der Waals surface area contributed by atoms with Crippen LogP contribution in [-0.2, 0) is 9.53 Å². The zero-order valence-corrected chi connectivity index (χ0v) is 6.45. The van der Waals surface area contributed by atoms with Gasteiger partial charge in [-0.15, -0.1) is 4.91 Å². The second-order valence-electron chi connectivity index (χ2n) is 2.70. The summed E-state index contributed by atoms with van der Waals surface area (Å²) in [7, 11) is 0. The summed E-state index contributed by atoms with van der Waals surface area (Å²) in [5.41, 5.74) is -1.21. The Morgan fingerprint density at radius 3 is 2.50 bits per heavy atom. The van der Waals surface area contributed by atoms with E-state index in [0.717, 1.165) is 0 Å². The standard InChI is InChI=1S/C7H8N2O3/c8-5-7(6(10)9-11)1-3-12-4-2-7/h1-4H2. The van der Waals surface area contributed by atoms with Crippen molar-refractivity contribution in [3.8, 4) is 6.07 Å². The molecule has 0 aromatic heterocycles. The molecule has 1 amide bonds. The maximum absolute atomic E-state index is 11.0. The van der Waals surface area contributed by atoms with Crippen LogP contribution < -0.4 is 0 Å². The number of hydrogen-bond acceptors (Lipinski definition) is 4. The van der Waals surface area contributed by atoms with Gasteiger partial charge in [0.1, 0.15) is 5.41 Å². The molecule has 1 aliphatic rings. The van der Waals surface area contributed by atoms with Crippen molar-refractivity contribution >= 4 is 5.91 Å². The first-order valence-corrected chi connectivity index (χ1v) is 3.62. The summed E-state index contributed by atoms with van der Waals surface area (Å²) in [5, 5.41) is 11.0. The molecule has 0 atom stereocenters. The number of amides is 1. The maximum atomic E-state index is 11.0. The van der Waals surface area contributed by atoms with Gasteiger partial charge in [0.25, 0.3) is 0 Å². The van der Waals surface area contributed by atoms with Gasteiger partial charge in [-0.2, -0.15) is 5.26 Å². The highest BCUT2D eigenvalue weighted by Gasteiger charge is 2.41. The molecule has 0 unspecified atom stereocenters. The van der Waals surface area contributed by atoms with E-state index in [1.165, 1.54) is 0 Å². The van der Waals surface area contributed by atoms with E-state index in [-0.39, 0.29) is 12.8 Å². The van der Waals surface area contributed by atoms with Crippen LogP contribution in [0.15, 0.2) is 5.18 Å². The van der Waals surface area contributed by atoms with Crippen LogP contribution in [0, 0.1) is 21.7 Å². The van der Waals surface area contributed by atoms with Gasteiger partial charge >= 0.3 is 5.91 Å². The second kappa shape index (κ2) is 3.41. The lowest BCUT2D eigenvalue weighted by Gasteiger charge is -2.25. The minimum Gasteiger partial charge on any atom is -0.381 e. The molecule has 5 nitrogen and oxygen atoms in total. The van der Waals surface area contributed by atoms with E-state index in [9.17, 15) is 9.70 Å². The second-order valence-corrected chi connectivity index (χ2v) is 2.70. The third-order valence-electron chi connectivity index (χ3n) is 2.05. The molecule has 0 aliphatic carbocycles. The van der Waals surface area contributed by atoms with E-state index >= 15 is 0 Å². The SMILES string of the molecule is N#CC1(C(=O)N=O)CCOCC1. The number of ether oxygens (including phenoxy) is 1. The van der Waals surface area contributed by atoms with Gasteiger partial charge in [-0.1, -0.05) is 0 Å². The van der Waals surface area contributed by atoms with Crippen LogP contribution in [0.1, 0.15) is 12.8 Å². The van der Waals surface area contributed by atoms with Crippen molar-refractivity contribution < 1.29 is 9.53 Å². The molecule has 0 saturated carbocycles. The van der Waals surface area contributed by atoms with Gasteiger partial charge in [-0.05, 0) is 12.8 Å². The van der Waals surface area contributed by atoms with Crippen molar-refractivity contribution in [2.24, 2.45) is 10.6 Å². The van der Waals surface area contributed by atoms with Crippen LogP contribution in [0.25, 0.3) is 0 Å². The van der Waals surface area contributed by atoms with Crippen LogP contribution in [0.3, 0.4) is 0 Å². The summed E-state index contributed by atoms with van der Waals surface area (Å²) in [5.74, 6) is -0.867. The molecule has 5 heteroatoms. The van der Waals surface area contributed by atoms with E-state index in [4.69, 9.17) is 10.00 Å². The normalized spacial score (nSPS) is 20.9. The van der Waals surface area contributed by atoms with Gasteiger partial charge in [-0.25, -0.2) is 0 Å². The van der Waals surface area contributed by atoms with Crippen molar-refractivity contribution in [2.75, 3.05) is 13.2 Å². The monoisotopic (exact) mass is 168 g/mol. The van der Waals surface area contributed by atoms with Crippen LogP contribution in [0.5, 0.6) is 0 Å². The van der Waals surface area contributed by atoms with Crippen molar-refractivity contribution in [3.05, 3.63) is 4.91 Å². The quantitative estimate of drug-likeness (QED) is 0.537. The molecule has 0 spiro atoms. The Balaban J connectivity index is 2.81. The predicted octanol–water partition coefficient (Wildman–Crippen LogP) is 0.600. The first kappa shape index (κ1) is 8.81. The van der Waals surface area contributed by atoms with Crippen LogP contribution in [0.2, 0.25) is 0 Å². The summed E-state index contributed by atoms with van der Waals surface area (Å²) >= 11 is 0. The summed E-state index contributed by atoms with van der Waals surface area (Å²) in [4.78, 5) is 20.9.